The van der Waals surface area contributed by atoms with Crippen LogP contribution in [-0.2, 0) is 0 Å². The first-order chi connectivity index (χ1) is 14.4. The number of nitrogens with zero attached hydrogens (tertiary/aromatic N) is 2. The molecule has 0 fully saturated rings. The highest BCUT2D eigenvalue weighted by molar-refractivity contribution is 5.92. The molecule has 0 saturated heterocycles. The van der Waals surface area contributed by atoms with Crippen molar-refractivity contribution in [3.8, 4) is 22.9 Å². The van der Waals surface area contributed by atoms with Crippen LogP contribution in [0.25, 0.3) is 11.4 Å². The molecule has 0 spiro atoms. The molecule has 1 unspecified atom stereocenters. The number of nitrogens with two attached hydrogens (primary N) is 2. The van der Waals surface area contributed by atoms with Crippen LogP contribution in [0.4, 0.5) is 10.2 Å². The third-order valence-corrected chi connectivity index (χ3v) is 4.08. The molecule has 10 heteroatoms. The first kappa shape index (κ1) is 21.1. The molecule has 0 aliphatic carbocycles. The number of hydrogen-bond acceptors (Lipinski definition) is 8. The van der Waals surface area contributed by atoms with Crippen LogP contribution in [0.1, 0.15) is 10.5 Å². The van der Waals surface area contributed by atoms with Gasteiger partial charge in [-0.2, -0.15) is 0 Å². The van der Waals surface area contributed by atoms with Crippen molar-refractivity contribution in [1.29, 1.82) is 0 Å². The van der Waals surface area contributed by atoms with Crippen LogP contribution >= 0.6 is 0 Å². The van der Waals surface area contributed by atoms with Gasteiger partial charge < -0.3 is 31.7 Å². The predicted molar refractivity (Wildman–Crippen MR) is 107 cm³/mol. The third-order valence-electron chi connectivity index (χ3n) is 4.08. The van der Waals surface area contributed by atoms with Crippen molar-refractivity contribution in [1.82, 2.24) is 9.97 Å². The summed E-state index contributed by atoms with van der Waals surface area (Å²) in [4.78, 5) is 20.1. The van der Waals surface area contributed by atoms with Crippen molar-refractivity contribution in [2.45, 2.75) is 12.3 Å². The average molecular weight is 413 g/mol. The zero-order chi connectivity index (χ0) is 21.7. The second-order valence-electron chi connectivity index (χ2n) is 6.33. The highest BCUT2D eigenvalue weighted by Gasteiger charge is 2.17. The van der Waals surface area contributed by atoms with Crippen LogP contribution in [0.5, 0.6) is 11.5 Å². The molecule has 3 aromatic rings. The third kappa shape index (κ3) is 5.26. The molecular formula is C20H20FN5O4. The van der Waals surface area contributed by atoms with Gasteiger partial charge >= 0.3 is 0 Å². The van der Waals surface area contributed by atoms with Gasteiger partial charge in [-0.05, 0) is 48.5 Å². The van der Waals surface area contributed by atoms with Gasteiger partial charge in [0.05, 0.1) is 12.6 Å². The lowest BCUT2D eigenvalue weighted by molar-refractivity contribution is 0.0995. The molecule has 9 nitrogen and oxygen atoms in total. The van der Waals surface area contributed by atoms with E-state index in [1.54, 1.807) is 24.3 Å². The maximum absolute atomic E-state index is 13.0. The molecule has 3 rings (SSSR count). The van der Waals surface area contributed by atoms with Crippen LogP contribution in [0, 0.1) is 5.82 Å². The number of anilines is 1. The number of halogens is 1. The van der Waals surface area contributed by atoms with Crippen LogP contribution in [0.2, 0.25) is 0 Å². The molecule has 0 bridgehead atoms. The molecule has 156 valence electrons. The number of aliphatic hydroxyl groups is 2. The van der Waals surface area contributed by atoms with Gasteiger partial charge in [0, 0.05) is 11.6 Å². The number of benzene rings is 2. The molecule has 1 aromatic heterocycles. The standard InChI is InChI=1S/C20H20FN5O4/c21-12-3-7-14(8-4-12)30-13-5-1-11(2-6-13)20-25-15(18(22)28)9-17(26-20)24-16(10-27)19(23)29/h1-9,16,19,27,29H,10,23H2,(H2,22,28)(H,24,25,26)/t16-,19?/m0/s1. The summed E-state index contributed by atoms with van der Waals surface area (Å²) >= 11 is 0. The van der Waals surface area contributed by atoms with Crippen molar-refractivity contribution < 1.29 is 24.1 Å². The Hall–Kier alpha value is -3.60. The minimum atomic E-state index is -1.35. The molecule has 0 radical (unpaired) electrons. The minimum Gasteiger partial charge on any atom is -0.457 e. The molecule has 1 amide bonds. The second kappa shape index (κ2) is 9.27. The summed E-state index contributed by atoms with van der Waals surface area (Å²) in [5.74, 6) is 0.180. The molecule has 0 aliphatic heterocycles. The highest BCUT2D eigenvalue weighted by Crippen LogP contribution is 2.25. The number of primary amides is 1. The molecule has 2 atom stereocenters. The average Bonchev–Trinajstić information content (AvgIpc) is 2.73. The van der Waals surface area contributed by atoms with Crippen molar-refractivity contribution in [2.75, 3.05) is 11.9 Å². The second-order valence-corrected chi connectivity index (χ2v) is 6.33. The quantitative estimate of drug-likeness (QED) is 0.345. The largest absolute Gasteiger partial charge is 0.457 e. The first-order valence-corrected chi connectivity index (χ1v) is 8.89. The van der Waals surface area contributed by atoms with Crippen LogP contribution in [0.15, 0.2) is 54.6 Å². The number of amides is 1. The molecule has 0 saturated carbocycles. The summed E-state index contributed by atoms with van der Waals surface area (Å²) in [5, 5.41) is 21.6. The van der Waals surface area contributed by atoms with Crippen LogP contribution in [0.3, 0.4) is 0 Å². The van der Waals surface area contributed by atoms with E-state index in [0.29, 0.717) is 17.1 Å². The number of carbonyl (C=O) groups is 1. The summed E-state index contributed by atoms with van der Waals surface area (Å²) in [6.45, 7) is -0.460. The van der Waals surface area contributed by atoms with Gasteiger partial charge in [-0.15, -0.1) is 0 Å². The summed E-state index contributed by atoms with van der Waals surface area (Å²) < 4.78 is 18.6. The van der Waals surface area contributed by atoms with Gasteiger partial charge in [0.15, 0.2) is 5.82 Å². The Morgan fingerprint density at radius 3 is 2.23 bits per heavy atom. The fourth-order valence-electron chi connectivity index (χ4n) is 2.52. The molecule has 0 aliphatic rings. The Morgan fingerprint density at radius 2 is 1.70 bits per heavy atom. The Kier molecular flexibility index (Phi) is 6.52. The molecule has 1 heterocycles. The zero-order valence-corrected chi connectivity index (χ0v) is 15.7. The van der Waals surface area contributed by atoms with Crippen molar-refractivity contribution in [3.63, 3.8) is 0 Å². The number of hydrogen-bond donors (Lipinski definition) is 5. The minimum absolute atomic E-state index is 0.0580. The smallest absolute Gasteiger partial charge is 0.267 e. The number of rotatable bonds is 8. The maximum atomic E-state index is 13.0. The number of carbonyl (C=O) groups excluding carboxylic acids is 1. The van der Waals surface area contributed by atoms with Gasteiger partial charge in [-0.25, -0.2) is 14.4 Å². The summed E-state index contributed by atoms with van der Waals surface area (Å²) in [5.41, 5.74) is 11.2. The molecule has 7 N–H and O–H groups in total. The monoisotopic (exact) mass is 413 g/mol. The lowest BCUT2D eigenvalue weighted by atomic mass is 10.2. The molecule has 2 aromatic carbocycles. The number of ether oxygens (including phenoxy) is 1. The maximum Gasteiger partial charge on any atom is 0.267 e. The Balaban J connectivity index is 1.86. The zero-order valence-electron chi connectivity index (χ0n) is 15.7. The van der Waals surface area contributed by atoms with Crippen molar-refractivity contribution >= 4 is 11.7 Å². The lowest BCUT2D eigenvalue weighted by Gasteiger charge is -2.20. The Labute approximate surface area is 171 Å². The Morgan fingerprint density at radius 1 is 1.10 bits per heavy atom. The fourth-order valence-corrected chi connectivity index (χ4v) is 2.52. The normalized spacial score (nSPS) is 12.8. The SMILES string of the molecule is NC(=O)c1cc(N[C@@H](CO)C(N)O)nc(-c2ccc(Oc3ccc(F)cc3)cc2)n1. The van der Waals surface area contributed by atoms with E-state index in [0.717, 1.165) is 0 Å². The van der Waals surface area contributed by atoms with E-state index in [1.165, 1.54) is 30.3 Å². The number of nitrogens with one attached hydrogen (secondary N) is 1. The fraction of sp³-hybridized carbons (Fsp3) is 0.150. The van der Waals surface area contributed by atoms with E-state index >= 15 is 0 Å². The van der Waals surface area contributed by atoms with E-state index in [-0.39, 0.29) is 23.2 Å². The van der Waals surface area contributed by atoms with Gasteiger partial charge in [0.25, 0.3) is 5.91 Å². The number of aliphatic hydroxyl groups excluding tert-OH is 2. The lowest BCUT2D eigenvalue weighted by Crippen LogP contribution is -2.43. The predicted octanol–water partition coefficient (Wildman–Crippen LogP) is 1.22. The van der Waals surface area contributed by atoms with Crippen LogP contribution in [-0.4, -0.2) is 45.0 Å². The summed E-state index contributed by atoms with van der Waals surface area (Å²) in [7, 11) is 0. The molecule has 30 heavy (non-hydrogen) atoms. The van der Waals surface area contributed by atoms with E-state index < -0.39 is 24.8 Å². The van der Waals surface area contributed by atoms with Crippen molar-refractivity contribution in [2.24, 2.45) is 11.5 Å². The first-order valence-electron chi connectivity index (χ1n) is 8.89. The van der Waals surface area contributed by atoms with Gasteiger partial charge in [0.2, 0.25) is 0 Å². The van der Waals surface area contributed by atoms with E-state index in [1.807, 2.05) is 0 Å². The van der Waals surface area contributed by atoms with E-state index in [9.17, 15) is 19.4 Å². The number of aromatic nitrogens is 2. The summed E-state index contributed by atoms with van der Waals surface area (Å²) in [6.07, 6.45) is -1.35. The topological polar surface area (TPSA) is 157 Å². The van der Waals surface area contributed by atoms with Crippen molar-refractivity contribution in [3.05, 3.63) is 66.1 Å². The van der Waals surface area contributed by atoms with E-state index in [4.69, 9.17) is 16.2 Å². The summed E-state index contributed by atoms with van der Waals surface area (Å²) in [6, 6.07) is 12.6. The molecular weight excluding hydrogens is 393 g/mol. The van der Waals surface area contributed by atoms with Gasteiger partial charge in [-0.3, -0.25) is 4.79 Å². The van der Waals surface area contributed by atoms with Gasteiger partial charge in [0.1, 0.15) is 35.1 Å². The highest BCUT2D eigenvalue weighted by atomic mass is 19.1. The van der Waals surface area contributed by atoms with E-state index in [2.05, 4.69) is 15.3 Å². The van der Waals surface area contributed by atoms with Gasteiger partial charge in [-0.1, -0.05) is 0 Å². The van der Waals surface area contributed by atoms with Crippen LogP contribution < -0.4 is 21.5 Å². The Bertz CT molecular complexity index is 1010.